The van der Waals surface area contributed by atoms with E-state index in [1.165, 1.54) is 0 Å². The molecule has 0 radical (unpaired) electrons. The highest BCUT2D eigenvalue weighted by atomic mass is 35.5. The highest BCUT2D eigenvalue weighted by Gasteiger charge is 2.71. The van der Waals surface area contributed by atoms with Crippen molar-refractivity contribution >= 4 is 40.3 Å². The molecule has 2 saturated carbocycles. The van der Waals surface area contributed by atoms with Gasteiger partial charge in [-0.1, -0.05) is 23.7 Å². The van der Waals surface area contributed by atoms with Gasteiger partial charge < -0.3 is 19.5 Å². The first-order valence-electron chi connectivity index (χ1n) is 16.4. The molecule has 1 unspecified atom stereocenters. The smallest absolute Gasteiger partial charge is 0.410 e. The number of hydrogen-bond donors (Lipinski definition) is 1. The topological polar surface area (TPSA) is 94.7 Å². The van der Waals surface area contributed by atoms with Crippen molar-refractivity contribution in [3.8, 4) is 11.3 Å². The van der Waals surface area contributed by atoms with E-state index in [4.69, 9.17) is 16.3 Å². The molecule has 1 aromatic carbocycles. The van der Waals surface area contributed by atoms with Crippen molar-refractivity contribution in [3.63, 3.8) is 0 Å². The molecule has 12 heteroatoms. The maximum absolute atomic E-state index is 14.6. The number of fused-ring (bicyclic) bond motifs is 3. The number of ether oxygens (including phenoxy) is 1. The van der Waals surface area contributed by atoms with Gasteiger partial charge in [-0.25, -0.2) is 23.5 Å². The van der Waals surface area contributed by atoms with Gasteiger partial charge in [0.05, 0.1) is 28.4 Å². The fourth-order valence-corrected chi connectivity index (χ4v) is 8.66. The minimum Gasteiger partial charge on any atom is -0.444 e. The number of H-pyrrole nitrogens is 1. The summed E-state index contributed by atoms with van der Waals surface area (Å²) in [4.78, 5) is 45.4. The van der Waals surface area contributed by atoms with Crippen LogP contribution < -0.4 is 4.90 Å². The third-order valence-corrected chi connectivity index (χ3v) is 11.4. The first-order valence-corrected chi connectivity index (χ1v) is 16.8. The highest BCUT2D eigenvalue weighted by molar-refractivity contribution is 6.33. The number of aromatic nitrogens is 3. The second kappa shape index (κ2) is 10.1. The zero-order chi connectivity index (χ0) is 32.2. The van der Waals surface area contributed by atoms with Crippen LogP contribution in [0.4, 0.5) is 19.3 Å². The van der Waals surface area contributed by atoms with Gasteiger partial charge in [-0.05, 0) is 83.5 Å². The highest BCUT2D eigenvalue weighted by Crippen LogP contribution is 2.65. The number of piperidine rings is 2. The fourth-order valence-electron chi connectivity index (χ4n) is 8.42. The number of nitrogens with one attached hydrogen (secondary N) is 1. The average molecular weight is 653 g/mol. The summed E-state index contributed by atoms with van der Waals surface area (Å²) in [5.41, 5.74) is 2.52. The number of nitrogens with zero attached hydrogens (tertiary/aromatic N) is 5. The lowest BCUT2D eigenvalue weighted by Crippen LogP contribution is -2.59. The van der Waals surface area contributed by atoms with E-state index in [1.54, 1.807) is 11.2 Å². The summed E-state index contributed by atoms with van der Waals surface area (Å²) in [6.07, 6.45) is 5.11. The Morgan fingerprint density at radius 3 is 2.52 bits per heavy atom. The van der Waals surface area contributed by atoms with Crippen molar-refractivity contribution in [2.24, 2.45) is 5.41 Å². The van der Waals surface area contributed by atoms with Crippen LogP contribution >= 0.6 is 11.6 Å². The SMILES string of the molecule is CC(C)(C)OC(=O)N1CCC2(CC1)C(=O)N(C1CC(N3CCCC4(C3)CC4(F)F)C1)c1cc(-c3cc4[nH]cnc4c(Cl)n3)ccc12. The molecule has 4 fully saturated rings. The molecule has 3 aliphatic heterocycles. The van der Waals surface area contributed by atoms with E-state index in [-0.39, 0.29) is 30.5 Å². The molecule has 1 atom stereocenters. The molecule has 5 heterocycles. The van der Waals surface area contributed by atoms with Crippen LogP contribution in [0.25, 0.3) is 22.3 Å². The van der Waals surface area contributed by atoms with E-state index in [9.17, 15) is 18.4 Å². The molecule has 9 nitrogen and oxygen atoms in total. The summed E-state index contributed by atoms with van der Waals surface area (Å²) in [7, 11) is 0. The molecule has 1 N–H and O–H groups in total. The van der Waals surface area contributed by atoms with Crippen LogP contribution in [0.5, 0.6) is 0 Å². The molecule has 8 rings (SSSR count). The van der Waals surface area contributed by atoms with Crippen LogP contribution in [0.2, 0.25) is 5.15 Å². The van der Waals surface area contributed by atoms with Gasteiger partial charge in [-0.3, -0.25) is 9.69 Å². The molecule has 3 aromatic rings. The lowest BCUT2D eigenvalue weighted by molar-refractivity contribution is -0.126. The maximum Gasteiger partial charge on any atom is 0.410 e. The Morgan fingerprint density at radius 2 is 1.83 bits per heavy atom. The van der Waals surface area contributed by atoms with E-state index < -0.39 is 22.4 Å². The Hall–Kier alpha value is -3.31. The zero-order valence-corrected chi connectivity index (χ0v) is 27.2. The van der Waals surface area contributed by atoms with Gasteiger partial charge in [0.25, 0.3) is 5.92 Å². The number of hydrogen-bond acceptors (Lipinski definition) is 6. The third-order valence-electron chi connectivity index (χ3n) is 11.1. The molecular formula is C34H39ClF2N6O3. The zero-order valence-electron chi connectivity index (χ0n) is 26.4. The minimum absolute atomic E-state index is 0.00135. The van der Waals surface area contributed by atoms with Crippen LogP contribution in [0.15, 0.2) is 30.6 Å². The van der Waals surface area contributed by atoms with Gasteiger partial charge in [0.2, 0.25) is 5.91 Å². The first-order chi connectivity index (χ1) is 21.8. The van der Waals surface area contributed by atoms with Crippen molar-refractivity contribution in [3.05, 3.63) is 41.3 Å². The summed E-state index contributed by atoms with van der Waals surface area (Å²) in [6, 6.07) is 8.14. The Kier molecular flexibility index (Phi) is 6.59. The Labute approximate surface area is 271 Å². The van der Waals surface area contributed by atoms with Crippen LogP contribution in [0, 0.1) is 5.41 Å². The summed E-state index contributed by atoms with van der Waals surface area (Å²) < 4.78 is 34.2. The number of carbonyl (C=O) groups is 2. The second-order valence-corrected chi connectivity index (χ2v) is 15.4. The Bertz CT molecular complexity index is 1740. The largest absolute Gasteiger partial charge is 0.444 e. The van der Waals surface area contributed by atoms with Gasteiger partial charge in [-0.2, -0.15) is 0 Å². The predicted molar refractivity (Wildman–Crippen MR) is 170 cm³/mol. The number of imidazole rings is 1. The number of anilines is 1. The number of pyridine rings is 1. The molecule has 244 valence electrons. The number of amides is 2. The van der Waals surface area contributed by atoms with E-state index in [0.717, 1.165) is 48.1 Å². The predicted octanol–water partition coefficient (Wildman–Crippen LogP) is 6.55. The number of halogens is 3. The summed E-state index contributed by atoms with van der Waals surface area (Å²) in [5, 5.41) is 0.301. The van der Waals surface area contributed by atoms with Gasteiger partial charge >= 0.3 is 6.09 Å². The molecule has 5 aliphatic rings. The molecule has 46 heavy (non-hydrogen) atoms. The van der Waals surface area contributed by atoms with Gasteiger partial charge in [0.15, 0.2) is 5.15 Å². The second-order valence-electron chi connectivity index (χ2n) is 15.1. The Balaban J connectivity index is 1.09. The molecule has 2 aliphatic carbocycles. The van der Waals surface area contributed by atoms with Gasteiger partial charge in [-0.15, -0.1) is 0 Å². The summed E-state index contributed by atoms with van der Waals surface area (Å²) in [5.74, 6) is -2.49. The number of benzene rings is 1. The minimum atomic E-state index is -2.55. The number of alkyl halides is 2. The summed E-state index contributed by atoms with van der Waals surface area (Å²) >= 11 is 6.48. The lowest BCUT2D eigenvalue weighted by Gasteiger charge is -2.49. The summed E-state index contributed by atoms with van der Waals surface area (Å²) in [6.45, 7) is 7.65. The molecular weight excluding hydrogens is 614 g/mol. The third kappa shape index (κ3) is 4.63. The lowest BCUT2D eigenvalue weighted by atomic mass is 9.73. The van der Waals surface area contributed by atoms with Gasteiger partial charge in [0.1, 0.15) is 11.1 Å². The molecule has 0 bridgehead atoms. The van der Waals surface area contributed by atoms with Crippen molar-refractivity contribution in [2.75, 3.05) is 31.1 Å². The van der Waals surface area contributed by atoms with Gasteiger partial charge in [0, 0.05) is 49.4 Å². The standard InChI is InChI=1S/C34H39ClF2N6O3/c1-31(2,3)46-30(45)41-11-8-33(9-12-41)23-6-5-20(24-16-25-27(28(35)40-24)39-19-38-25)13-26(23)43(29(33)44)22-14-21(15-22)42-10-4-7-32(18-42)17-34(32,36)37/h5-6,13,16,19,21-22H,4,7-12,14-15,17-18H2,1-3H3,(H,38,39). The quantitative estimate of drug-likeness (QED) is 0.323. The van der Waals surface area contributed by atoms with E-state index in [2.05, 4.69) is 19.9 Å². The Morgan fingerprint density at radius 1 is 1.09 bits per heavy atom. The van der Waals surface area contributed by atoms with E-state index >= 15 is 0 Å². The van der Waals surface area contributed by atoms with Crippen molar-refractivity contribution in [2.45, 2.75) is 94.7 Å². The number of aromatic amines is 1. The van der Waals surface area contributed by atoms with Crippen LogP contribution in [0.3, 0.4) is 0 Å². The fraction of sp³-hybridized carbons (Fsp3) is 0.588. The number of carbonyl (C=O) groups excluding carboxylic acids is 2. The molecule has 2 saturated heterocycles. The first kappa shape index (κ1) is 30.1. The normalized spacial score (nSPS) is 28.5. The van der Waals surface area contributed by atoms with E-state index in [0.29, 0.717) is 55.3 Å². The monoisotopic (exact) mass is 652 g/mol. The van der Waals surface area contributed by atoms with E-state index in [1.807, 2.05) is 49.9 Å². The molecule has 2 amide bonds. The number of likely N-dealkylation sites (tertiary alicyclic amines) is 2. The molecule has 2 spiro atoms. The van der Waals surface area contributed by atoms with Crippen LogP contribution in [-0.2, 0) is 14.9 Å². The average Bonchev–Trinajstić information content (AvgIpc) is 3.27. The van der Waals surface area contributed by atoms with Crippen molar-refractivity contribution < 1.29 is 23.1 Å². The molecule has 2 aromatic heterocycles. The maximum atomic E-state index is 14.6. The number of rotatable bonds is 3. The van der Waals surface area contributed by atoms with Crippen LogP contribution in [0.1, 0.15) is 71.3 Å². The van der Waals surface area contributed by atoms with Crippen molar-refractivity contribution in [1.82, 2.24) is 24.8 Å². The van der Waals surface area contributed by atoms with Crippen molar-refractivity contribution in [1.29, 1.82) is 0 Å². The van der Waals surface area contributed by atoms with Crippen LogP contribution in [-0.4, -0.2) is 86.5 Å².